The lowest BCUT2D eigenvalue weighted by Crippen LogP contribution is -2.26. The van der Waals surface area contributed by atoms with Gasteiger partial charge in [-0.25, -0.2) is 0 Å². The number of rotatable bonds is 14. The van der Waals surface area contributed by atoms with E-state index < -0.39 is 0 Å². The second-order valence-corrected chi connectivity index (χ2v) is 6.80. The highest BCUT2D eigenvalue weighted by atomic mass is 15.1. The molecule has 1 aromatic rings. The lowest BCUT2D eigenvalue weighted by atomic mass is 10.1. The molecular weight excluding hydrogens is 292 g/mol. The van der Waals surface area contributed by atoms with E-state index in [0.29, 0.717) is 0 Å². The second kappa shape index (κ2) is 13.1. The fourth-order valence-corrected chi connectivity index (χ4v) is 3.29. The maximum absolute atomic E-state index is 2.61. The van der Waals surface area contributed by atoms with E-state index >= 15 is 0 Å². The Morgan fingerprint density at radius 2 is 0.958 bits per heavy atom. The van der Waals surface area contributed by atoms with Gasteiger partial charge in [-0.05, 0) is 51.0 Å². The SMILES string of the molecule is CCCCCCN(CCCCCC)c1ccc(N(CC)CC)cc1. The van der Waals surface area contributed by atoms with Crippen LogP contribution < -0.4 is 9.80 Å². The molecule has 0 N–H and O–H groups in total. The normalized spacial score (nSPS) is 10.8. The molecule has 0 bridgehead atoms. The average Bonchev–Trinajstić information content (AvgIpc) is 2.62. The van der Waals surface area contributed by atoms with Crippen molar-refractivity contribution in [1.29, 1.82) is 0 Å². The van der Waals surface area contributed by atoms with Crippen LogP contribution in [0.25, 0.3) is 0 Å². The molecule has 0 saturated heterocycles. The molecule has 0 aromatic heterocycles. The van der Waals surface area contributed by atoms with Gasteiger partial charge in [0.05, 0.1) is 0 Å². The zero-order valence-electron chi connectivity index (χ0n) is 16.7. The van der Waals surface area contributed by atoms with Crippen LogP contribution in [0.1, 0.15) is 79.1 Å². The zero-order valence-corrected chi connectivity index (χ0v) is 16.7. The Morgan fingerprint density at radius 1 is 0.542 bits per heavy atom. The Morgan fingerprint density at radius 3 is 1.33 bits per heavy atom. The van der Waals surface area contributed by atoms with Gasteiger partial charge in [0.2, 0.25) is 0 Å². The molecule has 0 saturated carbocycles. The van der Waals surface area contributed by atoms with Gasteiger partial charge in [0.25, 0.3) is 0 Å². The smallest absolute Gasteiger partial charge is 0.0367 e. The van der Waals surface area contributed by atoms with Crippen molar-refractivity contribution in [3.63, 3.8) is 0 Å². The number of unbranched alkanes of at least 4 members (excludes halogenated alkanes) is 6. The quantitative estimate of drug-likeness (QED) is 0.359. The van der Waals surface area contributed by atoms with E-state index in [2.05, 4.69) is 61.8 Å². The van der Waals surface area contributed by atoms with E-state index in [4.69, 9.17) is 0 Å². The average molecular weight is 333 g/mol. The summed E-state index contributed by atoms with van der Waals surface area (Å²) in [6, 6.07) is 9.25. The van der Waals surface area contributed by atoms with Gasteiger partial charge in [0.15, 0.2) is 0 Å². The molecule has 0 fully saturated rings. The minimum absolute atomic E-state index is 1.08. The molecule has 0 spiro atoms. The van der Waals surface area contributed by atoms with Crippen molar-refractivity contribution in [3.8, 4) is 0 Å². The molecule has 0 heterocycles. The van der Waals surface area contributed by atoms with Crippen molar-refractivity contribution in [2.45, 2.75) is 79.1 Å². The van der Waals surface area contributed by atoms with E-state index in [9.17, 15) is 0 Å². The van der Waals surface area contributed by atoms with Crippen LogP contribution in [-0.4, -0.2) is 26.2 Å². The third-order valence-electron chi connectivity index (χ3n) is 4.91. The Balaban J connectivity index is 2.65. The highest BCUT2D eigenvalue weighted by Gasteiger charge is 2.08. The molecule has 1 aromatic carbocycles. The first-order valence-corrected chi connectivity index (χ1v) is 10.4. The first kappa shape index (κ1) is 20.9. The second-order valence-electron chi connectivity index (χ2n) is 6.80. The van der Waals surface area contributed by atoms with Gasteiger partial charge in [-0.1, -0.05) is 52.4 Å². The molecule has 138 valence electrons. The third kappa shape index (κ3) is 7.59. The number of hydrogen-bond donors (Lipinski definition) is 0. The largest absolute Gasteiger partial charge is 0.372 e. The van der Waals surface area contributed by atoms with Crippen LogP contribution in [0.4, 0.5) is 11.4 Å². The first-order chi connectivity index (χ1) is 11.8. The predicted molar refractivity (Wildman–Crippen MR) is 111 cm³/mol. The number of hydrogen-bond acceptors (Lipinski definition) is 2. The molecule has 2 heteroatoms. The topological polar surface area (TPSA) is 6.48 Å². The summed E-state index contributed by atoms with van der Waals surface area (Å²) in [5.41, 5.74) is 2.75. The number of benzene rings is 1. The van der Waals surface area contributed by atoms with Crippen molar-refractivity contribution in [1.82, 2.24) is 0 Å². The van der Waals surface area contributed by atoms with Crippen LogP contribution in [0.5, 0.6) is 0 Å². The van der Waals surface area contributed by atoms with Crippen LogP contribution in [0.2, 0.25) is 0 Å². The summed E-state index contributed by atoms with van der Waals surface area (Å²) in [7, 11) is 0. The van der Waals surface area contributed by atoms with Crippen LogP contribution in [0.15, 0.2) is 24.3 Å². The molecule has 24 heavy (non-hydrogen) atoms. The van der Waals surface area contributed by atoms with Gasteiger partial charge in [0.1, 0.15) is 0 Å². The molecule has 0 aliphatic rings. The molecule has 0 amide bonds. The van der Waals surface area contributed by atoms with E-state index in [0.717, 1.165) is 13.1 Å². The summed E-state index contributed by atoms with van der Waals surface area (Å²) in [6.45, 7) is 13.6. The molecule has 0 aliphatic heterocycles. The fraction of sp³-hybridized carbons (Fsp3) is 0.727. The number of anilines is 2. The summed E-state index contributed by atoms with van der Waals surface area (Å²) < 4.78 is 0. The lowest BCUT2D eigenvalue weighted by Gasteiger charge is -2.27. The summed E-state index contributed by atoms with van der Waals surface area (Å²) >= 11 is 0. The zero-order chi connectivity index (χ0) is 17.6. The minimum Gasteiger partial charge on any atom is -0.372 e. The third-order valence-corrected chi connectivity index (χ3v) is 4.91. The van der Waals surface area contributed by atoms with Gasteiger partial charge in [-0.15, -0.1) is 0 Å². The monoisotopic (exact) mass is 332 g/mol. The Bertz CT molecular complexity index is 383. The van der Waals surface area contributed by atoms with Gasteiger partial charge in [0, 0.05) is 37.6 Å². The summed E-state index contributed by atoms with van der Waals surface area (Å²) in [5.74, 6) is 0. The molecule has 1 rings (SSSR count). The Hall–Kier alpha value is -1.18. The van der Waals surface area contributed by atoms with Crippen molar-refractivity contribution in [2.75, 3.05) is 36.0 Å². The van der Waals surface area contributed by atoms with Crippen LogP contribution in [-0.2, 0) is 0 Å². The molecule has 0 aliphatic carbocycles. The minimum atomic E-state index is 1.08. The maximum Gasteiger partial charge on any atom is 0.0367 e. The van der Waals surface area contributed by atoms with Crippen molar-refractivity contribution in [2.24, 2.45) is 0 Å². The fourth-order valence-electron chi connectivity index (χ4n) is 3.29. The number of nitrogens with zero attached hydrogens (tertiary/aromatic N) is 2. The lowest BCUT2D eigenvalue weighted by molar-refractivity contribution is 0.609. The van der Waals surface area contributed by atoms with Crippen molar-refractivity contribution in [3.05, 3.63) is 24.3 Å². The summed E-state index contributed by atoms with van der Waals surface area (Å²) in [4.78, 5) is 5.02. The molecular formula is C22H40N2. The first-order valence-electron chi connectivity index (χ1n) is 10.4. The van der Waals surface area contributed by atoms with Gasteiger partial charge >= 0.3 is 0 Å². The standard InChI is InChI=1S/C22H40N2/c1-5-9-11-13-19-24(20-14-12-10-6-2)22-17-15-21(16-18-22)23(7-3)8-4/h15-18H,5-14,19-20H2,1-4H3. The highest BCUT2D eigenvalue weighted by Crippen LogP contribution is 2.22. The Labute approximate surface area is 151 Å². The van der Waals surface area contributed by atoms with Crippen LogP contribution in [0.3, 0.4) is 0 Å². The van der Waals surface area contributed by atoms with Crippen molar-refractivity contribution >= 4 is 11.4 Å². The molecule has 0 radical (unpaired) electrons. The summed E-state index contributed by atoms with van der Waals surface area (Å²) in [6.07, 6.45) is 10.7. The highest BCUT2D eigenvalue weighted by molar-refractivity contribution is 5.56. The summed E-state index contributed by atoms with van der Waals surface area (Å²) in [5, 5.41) is 0. The molecule has 0 unspecified atom stereocenters. The van der Waals surface area contributed by atoms with Crippen LogP contribution in [0, 0.1) is 0 Å². The van der Waals surface area contributed by atoms with E-state index in [-0.39, 0.29) is 0 Å². The van der Waals surface area contributed by atoms with Crippen LogP contribution >= 0.6 is 0 Å². The van der Waals surface area contributed by atoms with Gasteiger partial charge < -0.3 is 9.80 Å². The van der Waals surface area contributed by atoms with E-state index in [1.165, 1.54) is 75.8 Å². The van der Waals surface area contributed by atoms with Gasteiger partial charge in [-0.3, -0.25) is 0 Å². The van der Waals surface area contributed by atoms with Gasteiger partial charge in [-0.2, -0.15) is 0 Å². The molecule has 0 atom stereocenters. The van der Waals surface area contributed by atoms with Crippen molar-refractivity contribution < 1.29 is 0 Å². The maximum atomic E-state index is 2.61. The van der Waals surface area contributed by atoms with E-state index in [1.807, 2.05) is 0 Å². The van der Waals surface area contributed by atoms with E-state index in [1.54, 1.807) is 0 Å². The predicted octanol–water partition coefficient (Wildman–Crippen LogP) is 6.50. The Kier molecular flexibility index (Phi) is 11.4. The molecule has 2 nitrogen and oxygen atoms in total.